The third-order valence-corrected chi connectivity index (χ3v) is 2.52. The molecule has 1 aromatic rings. The summed E-state index contributed by atoms with van der Waals surface area (Å²) in [4.78, 5) is 13.4. The van der Waals surface area contributed by atoms with E-state index in [9.17, 15) is 4.79 Å². The van der Waals surface area contributed by atoms with Crippen LogP contribution in [0.25, 0.3) is 0 Å². The van der Waals surface area contributed by atoms with E-state index in [1.165, 1.54) is 6.08 Å². The van der Waals surface area contributed by atoms with E-state index in [-0.39, 0.29) is 12.6 Å². The van der Waals surface area contributed by atoms with E-state index in [1.54, 1.807) is 12.1 Å². The molecule has 2 rings (SSSR count). The Balaban J connectivity index is 2.05. The average Bonchev–Trinajstić information content (AvgIpc) is 2.22. The number of carbonyl (C=O) groups excluding carboxylic acids is 1. The Morgan fingerprint density at radius 2 is 2.38 bits per heavy atom. The molecule has 1 saturated heterocycles. The molecule has 84 valence electrons. The summed E-state index contributed by atoms with van der Waals surface area (Å²) in [6, 6.07) is 5.33. The van der Waals surface area contributed by atoms with Crippen molar-refractivity contribution in [3.63, 3.8) is 0 Å². The molecule has 16 heavy (non-hydrogen) atoms. The molecule has 0 radical (unpaired) electrons. The van der Waals surface area contributed by atoms with Crippen LogP contribution in [0.1, 0.15) is 5.56 Å². The van der Waals surface area contributed by atoms with Gasteiger partial charge in [-0.15, -0.1) is 0 Å². The van der Waals surface area contributed by atoms with Gasteiger partial charge in [-0.2, -0.15) is 0 Å². The van der Waals surface area contributed by atoms with Gasteiger partial charge in [-0.25, -0.2) is 9.79 Å². The lowest BCUT2D eigenvalue weighted by molar-refractivity contribution is -0.0796. The van der Waals surface area contributed by atoms with Crippen molar-refractivity contribution < 1.29 is 14.3 Å². The lowest BCUT2D eigenvalue weighted by atomic mass is 10.2. The maximum absolute atomic E-state index is 9.96. The maximum atomic E-state index is 9.96. The number of isocyanates is 1. The molecule has 5 heteroatoms. The van der Waals surface area contributed by atoms with Crippen molar-refractivity contribution in [2.24, 2.45) is 4.99 Å². The first-order valence-corrected chi connectivity index (χ1v) is 5.24. The first kappa shape index (κ1) is 11.1. The third-order valence-electron chi connectivity index (χ3n) is 2.22. The smallest absolute Gasteiger partial charge is 0.235 e. The monoisotopic (exact) mass is 239 g/mol. The summed E-state index contributed by atoms with van der Waals surface area (Å²) >= 11 is 6.03. The molecule has 0 aliphatic carbocycles. The number of hydrogen-bond donors (Lipinski definition) is 0. The van der Waals surface area contributed by atoms with Gasteiger partial charge in [0.2, 0.25) is 6.08 Å². The van der Waals surface area contributed by atoms with E-state index in [1.807, 2.05) is 6.07 Å². The molecule has 0 amide bonds. The van der Waals surface area contributed by atoms with Crippen LogP contribution in [0, 0.1) is 0 Å². The van der Waals surface area contributed by atoms with E-state index in [4.69, 9.17) is 21.1 Å². The molecule has 1 aliphatic heterocycles. The minimum absolute atomic E-state index is 0.0938. The molecule has 1 fully saturated rings. The lowest BCUT2D eigenvalue weighted by Gasteiger charge is -2.27. The van der Waals surface area contributed by atoms with Gasteiger partial charge in [0.05, 0.1) is 24.8 Å². The molecular formula is C11H10ClNO3. The van der Waals surface area contributed by atoms with Gasteiger partial charge in [-0.3, -0.25) is 0 Å². The summed E-state index contributed by atoms with van der Waals surface area (Å²) in [6.07, 6.45) is 1.58. The van der Waals surface area contributed by atoms with Crippen LogP contribution in [-0.2, 0) is 16.1 Å². The fourth-order valence-electron chi connectivity index (χ4n) is 1.32. The van der Waals surface area contributed by atoms with Crippen LogP contribution in [0.2, 0.25) is 5.02 Å². The van der Waals surface area contributed by atoms with Gasteiger partial charge in [0.15, 0.2) is 0 Å². The summed E-state index contributed by atoms with van der Waals surface area (Å²) in [5, 5.41) is 0.519. The van der Waals surface area contributed by atoms with Crippen molar-refractivity contribution in [1.29, 1.82) is 0 Å². The Hall–Kier alpha value is -1.35. The van der Waals surface area contributed by atoms with Gasteiger partial charge in [-0.1, -0.05) is 17.7 Å². The van der Waals surface area contributed by atoms with Crippen LogP contribution in [0.5, 0.6) is 5.75 Å². The SMILES string of the molecule is O=C=NCc1ccc(OC2COC2)c(Cl)c1. The van der Waals surface area contributed by atoms with Crippen LogP contribution >= 0.6 is 11.6 Å². The molecular weight excluding hydrogens is 230 g/mol. The van der Waals surface area contributed by atoms with Gasteiger partial charge in [0.1, 0.15) is 11.9 Å². The first-order chi connectivity index (χ1) is 7.79. The summed E-state index contributed by atoms with van der Waals surface area (Å²) in [5.41, 5.74) is 0.852. The van der Waals surface area contributed by atoms with Crippen LogP contribution in [0.15, 0.2) is 23.2 Å². The molecule has 0 bridgehead atoms. The molecule has 1 heterocycles. The van der Waals surface area contributed by atoms with Crippen LogP contribution in [0.3, 0.4) is 0 Å². The molecule has 1 aromatic carbocycles. The molecule has 0 saturated carbocycles. The third kappa shape index (κ3) is 2.61. The number of ether oxygens (including phenoxy) is 2. The van der Waals surface area contributed by atoms with E-state index in [0.717, 1.165) is 5.56 Å². The highest BCUT2D eigenvalue weighted by atomic mass is 35.5. The van der Waals surface area contributed by atoms with Gasteiger partial charge < -0.3 is 9.47 Å². The van der Waals surface area contributed by atoms with Crippen molar-refractivity contribution >= 4 is 17.7 Å². The Labute approximate surface area is 97.8 Å². The summed E-state index contributed by atoms with van der Waals surface area (Å²) in [5.74, 6) is 0.633. The van der Waals surface area contributed by atoms with Crippen molar-refractivity contribution in [1.82, 2.24) is 0 Å². The number of hydrogen-bond acceptors (Lipinski definition) is 4. The van der Waals surface area contributed by atoms with Crippen molar-refractivity contribution in [2.45, 2.75) is 12.6 Å². The van der Waals surface area contributed by atoms with E-state index < -0.39 is 0 Å². The van der Waals surface area contributed by atoms with E-state index >= 15 is 0 Å². The minimum atomic E-state index is 0.0938. The zero-order valence-corrected chi connectivity index (χ0v) is 9.24. The lowest BCUT2D eigenvalue weighted by Crippen LogP contribution is -2.38. The number of halogens is 1. The highest BCUT2D eigenvalue weighted by molar-refractivity contribution is 6.32. The Morgan fingerprint density at radius 3 is 2.94 bits per heavy atom. The molecule has 0 atom stereocenters. The average molecular weight is 240 g/mol. The van der Waals surface area contributed by atoms with Crippen molar-refractivity contribution in [3.8, 4) is 5.75 Å². The van der Waals surface area contributed by atoms with Gasteiger partial charge in [0.25, 0.3) is 0 Å². The second-order valence-electron chi connectivity index (χ2n) is 3.45. The largest absolute Gasteiger partial charge is 0.484 e. The standard InChI is InChI=1S/C11H10ClNO3/c12-10-3-8(4-13-7-14)1-2-11(10)16-9-5-15-6-9/h1-3,9H,4-6H2. The zero-order chi connectivity index (χ0) is 11.4. The summed E-state index contributed by atoms with van der Waals surface area (Å²) in [7, 11) is 0. The van der Waals surface area contributed by atoms with E-state index in [2.05, 4.69) is 4.99 Å². The maximum Gasteiger partial charge on any atom is 0.235 e. The molecule has 4 nitrogen and oxygen atoms in total. The van der Waals surface area contributed by atoms with Gasteiger partial charge in [-0.05, 0) is 17.7 Å². The quantitative estimate of drug-likeness (QED) is 0.596. The fraction of sp³-hybridized carbons (Fsp3) is 0.364. The predicted octanol–water partition coefficient (Wildman–Crippen LogP) is 1.95. The Kier molecular flexibility index (Phi) is 3.57. The molecule has 0 unspecified atom stereocenters. The number of rotatable bonds is 4. The first-order valence-electron chi connectivity index (χ1n) is 4.86. The van der Waals surface area contributed by atoms with Crippen LogP contribution in [0.4, 0.5) is 0 Å². The molecule has 0 aromatic heterocycles. The van der Waals surface area contributed by atoms with E-state index in [0.29, 0.717) is 24.0 Å². The minimum Gasteiger partial charge on any atom is -0.484 e. The fourth-order valence-corrected chi connectivity index (χ4v) is 1.57. The number of aliphatic imine (C=N–C) groups is 1. The Morgan fingerprint density at radius 1 is 1.56 bits per heavy atom. The van der Waals surface area contributed by atoms with Crippen molar-refractivity contribution in [2.75, 3.05) is 13.2 Å². The second-order valence-corrected chi connectivity index (χ2v) is 3.86. The Bertz CT molecular complexity index is 425. The van der Waals surface area contributed by atoms with Gasteiger partial charge >= 0.3 is 0 Å². The normalized spacial score (nSPS) is 15.1. The topological polar surface area (TPSA) is 47.9 Å². The summed E-state index contributed by atoms with van der Waals surface area (Å²) < 4.78 is 10.6. The highest BCUT2D eigenvalue weighted by Crippen LogP contribution is 2.27. The highest BCUT2D eigenvalue weighted by Gasteiger charge is 2.21. The zero-order valence-electron chi connectivity index (χ0n) is 8.48. The van der Waals surface area contributed by atoms with Crippen LogP contribution < -0.4 is 4.74 Å². The van der Waals surface area contributed by atoms with Gasteiger partial charge in [0, 0.05) is 0 Å². The molecule has 1 aliphatic rings. The summed E-state index contributed by atoms with van der Waals surface area (Å²) in [6.45, 7) is 1.50. The van der Waals surface area contributed by atoms with Crippen molar-refractivity contribution in [3.05, 3.63) is 28.8 Å². The second kappa shape index (κ2) is 5.12. The predicted molar refractivity (Wildman–Crippen MR) is 58.5 cm³/mol. The molecule has 0 N–H and O–H groups in total. The molecule has 0 spiro atoms. The number of benzene rings is 1. The van der Waals surface area contributed by atoms with Crippen LogP contribution in [-0.4, -0.2) is 25.4 Å². The number of nitrogens with zero attached hydrogens (tertiary/aromatic N) is 1.